The SMILES string of the molecule is Cc1ccc(SCC(O)Cc2cccc(Cl)c2)cc1. The Hall–Kier alpha value is -0.960. The van der Waals surface area contributed by atoms with Gasteiger partial charge in [0.2, 0.25) is 0 Å². The van der Waals surface area contributed by atoms with Crippen molar-refractivity contribution < 1.29 is 5.11 Å². The van der Waals surface area contributed by atoms with Crippen molar-refractivity contribution in [1.29, 1.82) is 0 Å². The van der Waals surface area contributed by atoms with Crippen LogP contribution in [0.3, 0.4) is 0 Å². The molecule has 1 unspecified atom stereocenters. The number of rotatable bonds is 5. The van der Waals surface area contributed by atoms with Crippen LogP contribution in [0.15, 0.2) is 53.4 Å². The summed E-state index contributed by atoms with van der Waals surface area (Å²) in [7, 11) is 0. The first kappa shape index (κ1) is 14.4. The molecule has 1 nitrogen and oxygen atoms in total. The minimum atomic E-state index is -0.357. The molecule has 0 heterocycles. The first-order valence-corrected chi connectivity index (χ1v) is 7.62. The molecule has 0 aliphatic rings. The summed E-state index contributed by atoms with van der Waals surface area (Å²) in [5, 5.41) is 10.8. The van der Waals surface area contributed by atoms with E-state index in [-0.39, 0.29) is 6.10 Å². The minimum absolute atomic E-state index is 0.357. The molecule has 0 saturated heterocycles. The average Bonchev–Trinajstić information content (AvgIpc) is 2.38. The molecule has 0 aliphatic heterocycles. The van der Waals surface area contributed by atoms with Crippen LogP contribution in [0.5, 0.6) is 0 Å². The van der Waals surface area contributed by atoms with E-state index >= 15 is 0 Å². The van der Waals surface area contributed by atoms with Gasteiger partial charge in [0.25, 0.3) is 0 Å². The van der Waals surface area contributed by atoms with E-state index in [0.717, 1.165) is 10.6 Å². The average molecular weight is 293 g/mol. The predicted molar refractivity (Wildman–Crippen MR) is 83.1 cm³/mol. The summed E-state index contributed by atoms with van der Waals surface area (Å²) < 4.78 is 0. The van der Waals surface area contributed by atoms with Crippen LogP contribution in [0.2, 0.25) is 5.02 Å². The van der Waals surface area contributed by atoms with Crippen molar-refractivity contribution in [3.8, 4) is 0 Å². The second-order valence-electron chi connectivity index (χ2n) is 4.61. The molecule has 0 aliphatic carbocycles. The van der Waals surface area contributed by atoms with Crippen molar-refractivity contribution >= 4 is 23.4 Å². The highest BCUT2D eigenvalue weighted by Gasteiger charge is 2.07. The Morgan fingerprint density at radius 1 is 1.16 bits per heavy atom. The van der Waals surface area contributed by atoms with Crippen LogP contribution < -0.4 is 0 Å². The van der Waals surface area contributed by atoms with Crippen molar-refractivity contribution in [3.05, 3.63) is 64.7 Å². The Labute approximate surface area is 123 Å². The summed E-state index contributed by atoms with van der Waals surface area (Å²) in [6.07, 6.45) is 0.282. The Morgan fingerprint density at radius 2 is 1.89 bits per heavy atom. The fourth-order valence-corrected chi connectivity index (χ4v) is 2.87. The van der Waals surface area contributed by atoms with Crippen LogP contribution in [-0.2, 0) is 6.42 Å². The van der Waals surface area contributed by atoms with E-state index in [4.69, 9.17) is 11.6 Å². The fourth-order valence-electron chi connectivity index (χ4n) is 1.82. The van der Waals surface area contributed by atoms with Crippen LogP contribution >= 0.6 is 23.4 Å². The first-order valence-electron chi connectivity index (χ1n) is 6.25. The maximum atomic E-state index is 10.0. The minimum Gasteiger partial charge on any atom is -0.392 e. The fraction of sp³-hybridized carbons (Fsp3) is 0.250. The molecule has 0 aromatic heterocycles. The van der Waals surface area contributed by atoms with Gasteiger partial charge < -0.3 is 5.11 Å². The van der Waals surface area contributed by atoms with Crippen molar-refractivity contribution in [2.24, 2.45) is 0 Å². The number of thioether (sulfide) groups is 1. The lowest BCUT2D eigenvalue weighted by atomic mass is 10.1. The number of hydrogen-bond acceptors (Lipinski definition) is 2. The summed E-state index contributed by atoms with van der Waals surface area (Å²) in [6, 6.07) is 16.0. The molecule has 3 heteroatoms. The Bertz CT molecular complexity index is 525. The number of aryl methyl sites for hydroxylation is 1. The van der Waals surface area contributed by atoms with Crippen molar-refractivity contribution in [2.45, 2.75) is 24.3 Å². The van der Waals surface area contributed by atoms with Gasteiger partial charge >= 0.3 is 0 Å². The maximum absolute atomic E-state index is 10.0. The van der Waals surface area contributed by atoms with E-state index in [1.807, 2.05) is 24.3 Å². The highest BCUT2D eigenvalue weighted by molar-refractivity contribution is 7.99. The molecule has 0 spiro atoms. The van der Waals surface area contributed by atoms with Gasteiger partial charge in [0, 0.05) is 15.7 Å². The van der Waals surface area contributed by atoms with Gasteiger partial charge in [0.05, 0.1) is 6.10 Å². The lowest BCUT2D eigenvalue weighted by molar-refractivity contribution is 0.200. The van der Waals surface area contributed by atoms with Crippen LogP contribution in [0.25, 0.3) is 0 Å². The van der Waals surface area contributed by atoms with Gasteiger partial charge in [0.1, 0.15) is 0 Å². The van der Waals surface area contributed by atoms with Gasteiger partial charge in [-0.15, -0.1) is 11.8 Å². The third-order valence-electron chi connectivity index (χ3n) is 2.82. The van der Waals surface area contributed by atoms with E-state index in [0.29, 0.717) is 12.2 Å². The van der Waals surface area contributed by atoms with E-state index in [1.54, 1.807) is 11.8 Å². The Kier molecular flexibility index (Phi) is 5.32. The van der Waals surface area contributed by atoms with E-state index in [2.05, 4.69) is 31.2 Å². The van der Waals surface area contributed by atoms with Gasteiger partial charge in [-0.2, -0.15) is 0 Å². The number of hydrogen-bond donors (Lipinski definition) is 1. The Morgan fingerprint density at radius 3 is 2.58 bits per heavy atom. The maximum Gasteiger partial charge on any atom is 0.0674 e. The molecular weight excluding hydrogens is 276 g/mol. The van der Waals surface area contributed by atoms with Gasteiger partial charge in [-0.3, -0.25) is 0 Å². The van der Waals surface area contributed by atoms with Gasteiger partial charge in [-0.25, -0.2) is 0 Å². The molecular formula is C16H17ClOS. The molecule has 2 aromatic carbocycles. The molecule has 1 atom stereocenters. The molecule has 1 N–H and O–H groups in total. The zero-order chi connectivity index (χ0) is 13.7. The zero-order valence-electron chi connectivity index (χ0n) is 10.8. The molecule has 0 amide bonds. The summed E-state index contributed by atoms with van der Waals surface area (Å²) in [5.74, 6) is 0.690. The number of aliphatic hydroxyl groups is 1. The second-order valence-corrected chi connectivity index (χ2v) is 6.14. The molecule has 19 heavy (non-hydrogen) atoms. The van der Waals surface area contributed by atoms with Crippen LogP contribution in [-0.4, -0.2) is 17.0 Å². The molecule has 0 radical (unpaired) electrons. The Balaban J connectivity index is 1.84. The van der Waals surface area contributed by atoms with Crippen molar-refractivity contribution in [1.82, 2.24) is 0 Å². The standard InChI is InChI=1S/C16H17ClOS/c1-12-5-7-16(8-6-12)19-11-15(18)10-13-3-2-4-14(17)9-13/h2-9,15,18H,10-11H2,1H3. The van der Waals surface area contributed by atoms with Gasteiger partial charge in [-0.1, -0.05) is 41.4 Å². The molecule has 0 fully saturated rings. The summed E-state index contributed by atoms with van der Waals surface area (Å²) >= 11 is 7.61. The molecule has 100 valence electrons. The molecule has 2 rings (SSSR count). The molecule has 0 bridgehead atoms. The van der Waals surface area contributed by atoms with E-state index in [1.165, 1.54) is 10.5 Å². The molecule has 2 aromatic rings. The normalized spacial score (nSPS) is 12.4. The van der Waals surface area contributed by atoms with Gasteiger partial charge in [-0.05, 0) is 43.2 Å². The monoisotopic (exact) mass is 292 g/mol. The summed E-state index contributed by atoms with van der Waals surface area (Å²) in [4.78, 5) is 1.19. The highest BCUT2D eigenvalue weighted by atomic mass is 35.5. The number of benzene rings is 2. The zero-order valence-corrected chi connectivity index (χ0v) is 12.4. The lowest BCUT2D eigenvalue weighted by Gasteiger charge is -2.10. The van der Waals surface area contributed by atoms with Gasteiger partial charge in [0.15, 0.2) is 0 Å². The quantitative estimate of drug-likeness (QED) is 0.827. The lowest BCUT2D eigenvalue weighted by Crippen LogP contribution is -2.13. The van der Waals surface area contributed by atoms with Crippen molar-refractivity contribution in [2.75, 3.05) is 5.75 Å². The third kappa shape index (κ3) is 4.90. The first-order chi connectivity index (χ1) is 9.13. The largest absolute Gasteiger partial charge is 0.392 e. The van der Waals surface area contributed by atoms with Crippen LogP contribution in [0.4, 0.5) is 0 Å². The predicted octanol–water partition coefficient (Wildman–Crippen LogP) is 4.34. The topological polar surface area (TPSA) is 20.2 Å². The third-order valence-corrected chi connectivity index (χ3v) is 4.22. The van der Waals surface area contributed by atoms with Crippen LogP contribution in [0, 0.1) is 6.92 Å². The van der Waals surface area contributed by atoms with E-state index < -0.39 is 0 Å². The highest BCUT2D eigenvalue weighted by Crippen LogP contribution is 2.20. The molecule has 0 saturated carbocycles. The van der Waals surface area contributed by atoms with Crippen LogP contribution in [0.1, 0.15) is 11.1 Å². The second kappa shape index (κ2) is 6.99. The number of halogens is 1. The number of aliphatic hydroxyl groups excluding tert-OH is 1. The smallest absolute Gasteiger partial charge is 0.0674 e. The summed E-state index contributed by atoms with van der Waals surface area (Å²) in [6.45, 7) is 2.07. The van der Waals surface area contributed by atoms with E-state index in [9.17, 15) is 5.11 Å². The summed E-state index contributed by atoms with van der Waals surface area (Å²) in [5.41, 5.74) is 2.33. The van der Waals surface area contributed by atoms with Crippen molar-refractivity contribution in [3.63, 3.8) is 0 Å².